The van der Waals surface area contributed by atoms with Gasteiger partial charge in [0.15, 0.2) is 17.5 Å². The molecule has 9 heteroatoms. The SMILES string of the molecule is CCCCCCCCCCCCCCCC(=O)OCC1=C[C@H]2C(=O)[C@]3(C=C(C)[C@@H](OC(=O)[C@H](C)C(C)C)[C@]3(O)[C@H]1O)[C@H](C)C[C@]1(OC(=O)CCCCCCCCCCC)[C@H]2C1(C)C. The Kier molecular flexibility index (Phi) is 20.5. The van der Waals surface area contributed by atoms with Gasteiger partial charge in [0.25, 0.3) is 0 Å². The van der Waals surface area contributed by atoms with E-state index in [9.17, 15) is 24.6 Å². The number of Topliss-reactive ketones (excluding diaryl/α,β-unsaturated/α-hetero) is 1. The zero-order valence-electron chi connectivity index (χ0n) is 41.3. The van der Waals surface area contributed by atoms with Gasteiger partial charge in [0.1, 0.15) is 18.3 Å². The van der Waals surface area contributed by atoms with Crippen molar-refractivity contribution in [1.29, 1.82) is 0 Å². The summed E-state index contributed by atoms with van der Waals surface area (Å²) in [6, 6.07) is 0. The lowest BCUT2D eigenvalue weighted by Gasteiger charge is -2.49. The number of unbranched alkanes of at least 4 members (excludes halogenated alkanes) is 20. The second-order valence-corrected chi connectivity index (χ2v) is 21.4. The molecule has 4 aliphatic carbocycles. The largest absolute Gasteiger partial charge is 0.461 e. The molecule has 63 heavy (non-hydrogen) atoms. The molecule has 2 N–H and O–H groups in total. The van der Waals surface area contributed by atoms with Crippen molar-refractivity contribution in [3.8, 4) is 0 Å². The third-order valence-corrected chi connectivity index (χ3v) is 16.1. The fraction of sp³-hybridized carbons (Fsp3) is 0.852. The second-order valence-electron chi connectivity index (χ2n) is 21.4. The molecular weight excluding hydrogens is 793 g/mol. The number of rotatable bonds is 30. The van der Waals surface area contributed by atoms with Gasteiger partial charge in [-0.3, -0.25) is 19.2 Å². The van der Waals surface area contributed by atoms with Crippen LogP contribution in [-0.4, -0.2) is 63.9 Å². The number of hydrogen-bond donors (Lipinski definition) is 2. The number of fused-ring (bicyclic) bond motifs is 3. The van der Waals surface area contributed by atoms with Crippen molar-refractivity contribution in [2.24, 2.45) is 40.4 Å². The molecule has 0 saturated heterocycles. The van der Waals surface area contributed by atoms with Crippen molar-refractivity contribution in [3.63, 3.8) is 0 Å². The summed E-state index contributed by atoms with van der Waals surface area (Å²) >= 11 is 0. The summed E-state index contributed by atoms with van der Waals surface area (Å²) in [7, 11) is 0. The van der Waals surface area contributed by atoms with Gasteiger partial charge >= 0.3 is 17.9 Å². The van der Waals surface area contributed by atoms with Crippen molar-refractivity contribution in [3.05, 3.63) is 23.3 Å². The van der Waals surface area contributed by atoms with Crippen LogP contribution in [-0.2, 0) is 33.4 Å². The molecule has 1 spiro atoms. The molecule has 0 aromatic rings. The summed E-state index contributed by atoms with van der Waals surface area (Å²) in [5.74, 6) is -3.98. The van der Waals surface area contributed by atoms with Crippen molar-refractivity contribution < 1.29 is 43.6 Å². The van der Waals surface area contributed by atoms with E-state index in [0.29, 0.717) is 18.4 Å². The molecule has 2 bridgehead atoms. The number of carbonyl (C=O) groups is 4. The van der Waals surface area contributed by atoms with Gasteiger partial charge in [-0.1, -0.05) is 196 Å². The molecule has 0 aliphatic heterocycles. The molecule has 360 valence electrons. The van der Waals surface area contributed by atoms with E-state index in [1.54, 1.807) is 26.0 Å². The van der Waals surface area contributed by atoms with Crippen LogP contribution in [0.3, 0.4) is 0 Å². The Balaban J connectivity index is 1.49. The van der Waals surface area contributed by atoms with Crippen LogP contribution >= 0.6 is 0 Å². The monoisotopic (exact) mass is 883 g/mol. The van der Waals surface area contributed by atoms with Gasteiger partial charge < -0.3 is 24.4 Å². The van der Waals surface area contributed by atoms with E-state index in [4.69, 9.17) is 14.2 Å². The number of aliphatic hydroxyl groups excluding tert-OH is 1. The zero-order chi connectivity index (χ0) is 46.4. The van der Waals surface area contributed by atoms with Gasteiger partial charge in [0.2, 0.25) is 0 Å². The molecule has 0 unspecified atom stereocenters. The fourth-order valence-electron chi connectivity index (χ4n) is 11.7. The highest BCUT2D eigenvalue weighted by atomic mass is 16.6. The first-order valence-corrected chi connectivity index (χ1v) is 25.9. The maximum Gasteiger partial charge on any atom is 0.309 e. The maximum atomic E-state index is 15.4. The summed E-state index contributed by atoms with van der Waals surface area (Å²) in [5.41, 5.74) is -4.89. The highest BCUT2D eigenvalue weighted by molar-refractivity contribution is 5.96. The molecule has 4 rings (SSSR count). The van der Waals surface area contributed by atoms with Crippen LogP contribution in [0.2, 0.25) is 0 Å². The Morgan fingerprint density at radius 3 is 1.68 bits per heavy atom. The van der Waals surface area contributed by atoms with Crippen molar-refractivity contribution in [2.75, 3.05) is 6.61 Å². The molecule has 0 radical (unpaired) electrons. The predicted octanol–water partition coefficient (Wildman–Crippen LogP) is 12.3. The standard InChI is InChI=1S/C54H90O9/c1-10-12-14-16-18-20-21-22-23-25-26-28-30-32-44(55)61-37-42-34-43-46-51(8,9)53(46,63-45(56)33-31-29-27-24-19-17-15-13-11-2)36-40(6)52(48(43)58)35-39(5)49(54(52,60)47(42)57)62-50(59)41(7)38(3)4/h34-35,38,40-41,43,46-47,49,57,60H,10-33,36-37H2,1-9H3/t40-,41-,43-,46-,47+,49-,52+,53+,54-/m1/s1. The molecule has 0 heterocycles. The molecule has 0 aromatic carbocycles. The van der Waals surface area contributed by atoms with E-state index in [1.807, 2.05) is 34.6 Å². The number of ketones is 1. The minimum atomic E-state index is -2.30. The summed E-state index contributed by atoms with van der Waals surface area (Å²) in [6.45, 7) is 17.4. The minimum Gasteiger partial charge on any atom is -0.461 e. The van der Waals surface area contributed by atoms with Crippen LogP contribution in [0.25, 0.3) is 0 Å². The Bertz CT molecular complexity index is 1560. The van der Waals surface area contributed by atoms with Crippen molar-refractivity contribution in [1.82, 2.24) is 0 Å². The first-order valence-electron chi connectivity index (χ1n) is 25.9. The highest BCUT2D eigenvalue weighted by Crippen LogP contribution is 2.75. The molecule has 2 fully saturated rings. The van der Waals surface area contributed by atoms with Crippen molar-refractivity contribution in [2.45, 2.75) is 246 Å². The third kappa shape index (κ3) is 12.1. The number of aliphatic hydroxyl groups is 2. The normalized spacial score (nSPS) is 29.8. The van der Waals surface area contributed by atoms with Crippen LogP contribution in [0.15, 0.2) is 23.3 Å². The van der Waals surface area contributed by atoms with E-state index < -0.39 is 69.9 Å². The quantitative estimate of drug-likeness (QED) is 0.0313. The molecule has 9 atom stereocenters. The average molecular weight is 883 g/mol. The second kappa shape index (κ2) is 24.3. The number of ether oxygens (including phenoxy) is 3. The van der Waals surface area contributed by atoms with Gasteiger partial charge in [-0.2, -0.15) is 0 Å². The molecule has 0 aromatic heterocycles. The maximum absolute atomic E-state index is 15.4. The van der Waals surface area contributed by atoms with Gasteiger partial charge in [-0.05, 0) is 49.2 Å². The fourth-order valence-corrected chi connectivity index (χ4v) is 11.7. The summed E-state index contributed by atoms with van der Waals surface area (Å²) in [6.07, 6.45) is 27.0. The number of hydrogen-bond acceptors (Lipinski definition) is 9. The lowest BCUT2D eigenvalue weighted by atomic mass is 9.59. The van der Waals surface area contributed by atoms with Crippen LogP contribution < -0.4 is 0 Å². The van der Waals surface area contributed by atoms with Gasteiger partial charge in [-0.25, -0.2) is 0 Å². The number of carbonyl (C=O) groups excluding carboxylic acids is 4. The van der Waals surface area contributed by atoms with Crippen LogP contribution in [0.4, 0.5) is 0 Å². The molecule has 4 aliphatic rings. The van der Waals surface area contributed by atoms with E-state index in [0.717, 1.165) is 38.5 Å². The van der Waals surface area contributed by atoms with Gasteiger partial charge in [0, 0.05) is 30.1 Å². The Morgan fingerprint density at radius 1 is 0.746 bits per heavy atom. The number of allylic oxidation sites excluding steroid dienone is 1. The highest BCUT2D eigenvalue weighted by Gasteiger charge is 2.83. The topological polar surface area (TPSA) is 136 Å². The smallest absolute Gasteiger partial charge is 0.309 e. The predicted molar refractivity (Wildman–Crippen MR) is 251 cm³/mol. The zero-order valence-corrected chi connectivity index (χ0v) is 41.3. The molecule has 9 nitrogen and oxygen atoms in total. The molecule has 2 saturated carbocycles. The summed E-state index contributed by atoms with van der Waals surface area (Å²) in [4.78, 5) is 56.0. The van der Waals surface area contributed by atoms with Crippen molar-refractivity contribution >= 4 is 23.7 Å². The van der Waals surface area contributed by atoms with E-state index >= 15 is 4.79 Å². The van der Waals surface area contributed by atoms with Crippen LogP contribution in [0.1, 0.15) is 223 Å². The van der Waals surface area contributed by atoms with E-state index in [2.05, 4.69) is 13.8 Å². The summed E-state index contributed by atoms with van der Waals surface area (Å²) < 4.78 is 18.6. The Labute approximate surface area is 382 Å². The summed E-state index contributed by atoms with van der Waals surface area (Å²) in [5, 5.41) is 25.7. The number of esters is 3. The van der Waals surface area contributed by atoms with E-state index in [1.165, 1.54) is 96.3 Å². The van der Waals surface area contributed by atoms with Gasteiger partial charge in [0.05, 0.1) is 11.3 Å². The van der Waals surface area contributed by atoms with Crippen LogP contribution in [0, 0.1) is 40.4 Å². The average Bonchev–Trinajstić information content (AvgIpc) is 3.64. The lowest BCUT2D eigenvalue weighted by molar-refractivity contribution is -0.207. The molecule has 0 amide bonds. The third-order valence-electron chi connectivity index (χ3n) is 16.1. The lowest BCUT2D eigenvalue weighted by Crippen LogP contribution is -2.66. The first-order chi connectivity index (χ1) is 30.0. The van der Waals surface area contributed by atoms with Crippen LogP contribution in [0.5, 0.6) is 0 Å². The van der Waals surface area contributed by atoms with E-state index in [-0.39, 0.29) is 42.7 Å². The first kappa shape index (κ1) is 53.1. The Morgan fingerprint density at radius 2 is 1.21 bits per heavy atom. The molecular formula is C54H90O9. The minimum absolute atomic E-state index is 0.0436. The Hall–Kier alpha value is -2.52. The van der Waals surface area contributed by atoms with Gasteiger partial charge in [-0.15, -0.1) is 0 Å².